The Hall–Kier alpha value is -0.800. The number of nitrogens with zero attached hydrogens (tertiary/aromatic N) is 1. The third-order valence-corrected chi connectivity index (χ3v) is 2.62. The molecule has 0 bridgehead atoms. The highest BCUT2D eigenvalue weighted by Crippen LogP contribution is 2.21. The van der Waals surface area contributed by atoms with Gasteiger partial charge < -0.3 is 4.52 Å². The van der Waals surface area contributed by atoms with Gasteiger partial charge in [0.05, 0.1) is 5.88 Å². The fourth-order valence-corrected chi connectivity index (χ4v) is 1.52. The van der Waals surface area contributed by atoms with E-state index in [1.807, 2.05) is 30.3 Å². The molecule has 0 fully saturated rings. The van der Waals surface area contributed by atoms with Crippen LogP contribution in [0, 0.1) is 0 Å². The summed E-state index contributed by atoms with van der Waals surface area (Å²) < 4.78 is 6.05. The molecular weight excluding hydrogens is 265 g/mol. The maximum Gasteiger partial charge on any atom is 0.152 e. The lowest BCUT2D eigenvalue weighted by molar-refractivity contribution is 0.396. The molecule has 0 amide bonds. The van der Waals surface area contributed by atoms with E-state index in [0.29, 0.717) is 11.6 Å². The molecule has 2 rings (SSSR count). The minimum atomic E-state index is 0.351. The molecule has 14 heavy (non-hydrogen) atoms. The van der Waals surface area contributed by atoms with Gasteiger partial charge in [0.2, 0.25) is 0 Å². The van der Waals surface area contributed by atoms with Crippen LogP contribution < -0.4 is 0 Å². The van der Waals surface area contributed by atoms with Gasteiger partial charge in [0.1, 0.15) is 5.69 Å². The van der Waals surface area contributed by atoms with E-state index in [1.54, 1.807) is 0 Å². The molecule has 72 valence electrons. The molecule has 1 aromatic carbocycles. The molecule has 0 aliphatic carbocycles. The zero-order valence-corrected chi connectivity index (χ0v) is 9.55. The quantitative estimate of drug-likeness (QED) is 0.776. The second kappa shape index (κ2) is 4.15. The Morgan fingerprint density at radius 1 is 1.29 bits per heavy atom. The Balaban J connectivity index is 2.34. The van der Waals surface area contributed by atoms with Gasteiger partial charge in [-0.15, -0.1) is 11.6 Å². The van der Waals surface area contributed by atoms with E-state index in [9.17, 15) is 0 Å². The van der Waals surface area contributed by atoms with Crippen molar-refractivity contribution in [2.75, 3.05) is 0 Å². The molecule has 4 heteroatoms. The average Bonchev–Trinajstić information content (AvgIpc) is 2.67. The van der Waals surface area contributed by atoms with Gasteiger partial charge in [-0.3, -0.25) is 0 Å². The Bertz CT molecular complexity index is 424. The molecule has 2 aromatic rings. The number of aromatic nitrogens is 1. The topological polar surface area (TPSA) is 26.0 Å². The van der Waals surface area contributed by atoms with Crippen molar-refractivity contribution in [3.05, 3.63) is 40.6 Å². The first-order valence-corrected chi connectivity index (χ1v) is 5.40. The number of alkyl halides is 1. The lowest BCUT2D eigenvalue weighted by atomic mass is 10.1. The molecular formula is C10H7BrClNO. The molecule has 2 nitrogen and oxygen atoms in total. The number of hydrogen-bond donors (Lipinski definition) is 0. The summed E-state index contributed by atoms with van der Waals surface area (Å²) in [6.45, 7) is 0. The van der Waals surface area contributed by atoms with Crippen molar-refractivity contribution in [3.63, 3.8) is 0 Å². The van der Waals surface area contributed by atoms with E-state index in [4.69, 9.17) is 16.1 Å². The van der Waals surface area contributed by atoms with Crippen LogP contribution >= 0.6 is 27.5 Å². The fraction of sp³-hybridized carbons (Fsp3) is 0.100. The summed E-state index contributed by atoms with van der Waals surface area (Å²) in [5, 5.41) is 3.91. The van der Waals surface area contributed by atoms with Crippen LogP contribution in [0.15, 0.2) is 39.3 Å². The minimum absolute atomic E-state index is 0.351. The van der Waals surface area contributed by atoms with Crippen molar-refractivity contribution < 1.29 is 4.52 Å². The summed E-state index contributed by atoms with van der Waals surface area (Å²) in [5.74, 6) is 1.04. The van der Waals surface area contributed by atoms with Crippen LogP contribution in [0.1, 0.15) is 5.76 Å². The number of hydrogen-bond acceptors (Lipinski definition) is 2. The summed E-state index contributed by atoms with van der Waals surface area (Å²) >= 11 is 8.98. The fourth-order valence-electron chi connectivity index (χ4n) is 1.13. The number of halogens is 2. The van der Waals surface area contributed by atoms with Crippen LogP contribution in [-0.4, -0.2) is 5.16 Å². The highest BCUT2D eigenvalue weighted by Gasteiger charge is 2.04. The molecule has 0 radical (unpaired) electrons. The van der Waals surface area contributed by atoms with Crippen LogP contribution in [-0.2, 0) is 5.88 Å². The van der Waals surface area contributed by atoms with E-state index < -0.39 is 0 Å². The number of rotatable bonds is 2. The van der Waals surface area contributed by atoms with E-state index in [0.717, 1.165) is 15.7 Å². The third-order valence-electron chi connectivity index (χ3n) is 1.83. The third kappa shape index (κ3) is 1.99. The van der Waals surface area contributed by atoms with Gasteiger partial charge in [-0.2, -0.15) is 0 Å². The zero-order valence-electron chi connectivity index (χ0n) is 7.21. The predicted octanol–water partition coefficient (Wildman–Crippen LogP) is 3.84. The molecule has 1 aromatic heterocycles. The van der Waals surface area contributed by atoms with Crippen LogP contribution in [0.3, 0.4) is 0 Å². The summed E-state index contributed by atoms with van der Waals surface area (Å²) in [7, 11) is 0. The van der Waals surface area contributed by atoms with Crippen LogP contribution in [0.5, 0.6) is 0 Å². The molecule has 0 atom stereocenters. The first kappa shape index (κ1) is 9.74. The molecule has 0 saturated heterocycles. The van der Waals surface area contributed by atoms with Crippen LogP contribution in [0.25, 0.3) is 11.3 Å². The zero-order chi connectivity index (χ0) is 9.97. The predicted molar refractivity (Wildman–Crippen MR) is 59.2 cm³/mol. The smallest absolute Gasteiger partial charge is 0.152 e. The van der Waals surface area contributed by atoms with E-state index >= 15 is 0 Å². The molecule has 0 aliphatic heterocycles. The van der Waals surface area contributed by atoms with Crippen LogP contribution in [0.2, 0.25) is 0 Å². The van der Waals surface area contributed by atoms with Gasteiger partial charge in [-0.05, 0) is 12.1 Å². The van der Waals surface area contributed by atoms with Gasteiger partial charge in [0.15, 0.2) is 5.76 Å². The van der Waals surface area contributed by atoms with Gasteiger partial charge in [-0.1, -0.05) is 33.2 Å². The maximum atomic E-state index is 5.61. The SMILES string of the molecule is ClCc1cc(-c2ccc(Br)cc2)no1. The molecule has 0 N–H and O–H groups in total. The molecule has 0 unspecified atom stereocenters. The first-order valence-electron chi connectivity index (χ1n) is 4.07. The summed E-state index contributed by atoms with van der Waals surface area (Å²) in [5.41, 5.74) is 1.83. The second-order valence-corrected chi connectivity index (χ2v) is 4.00. The Labute approximate surface area is 95.0 Å². The summed E-state index contributed by atoms with van der Waals surface area (Å²) in [6.07, 6.45) is 0. The monoisotopic (exact) mass is 271 g/mol. The maximum absolute atomic E-state index is 5.61. The first-order chi connectivity index (χ1) is 6.79. The lowest BCUT2D eigenvalue weighted by Gasteiger charge is -1.94. The van der Waals surface area contributed by atoms with Crippen molar-refractivity contribution in [1.29, 1.82) is 0 Å². The Kier molecular flexibility index (Phi) is 2.89. The molecule has 1 heterocycles. The standard InChI is InChI=1S/C10H7BrClNO/c11-8-3-1-7(2-4-8)10-5-9(6-12)14-13-10/h1-5H,6H2. The molecule has 0 saturated carbocycles. The highest BCUT2D eigenvalue weighted by atomic mass is 79.9. The van der Waals surface area contributed by atoms with Crippen LogP contribution in [0.4, 0.5) is 0 Å². The van der Waals surface area contributed by atoms with Crippen molar-refractivity contribution in [2.45, 2.75) is 5.88 Å². The normalized spacial score (nSPS) is 10.4. The van der Waals surface area contributed by atoms with Gasteiger partial charge in [0.25, 0.3) is 0 Å². The Morgan fingerprint density at radius 3 is 2.57 bits per heavy atom. The second-order valence-electron chi connectivity index (χ2n) is 2.82. The summed E-state index contributed by atoms with van der Waals surface area (Å²) in [6, 6.07) is 9.71. The van der Waals surface area contributed by atoms with Crippen molar-refractivity contribution >= 4 is 27.5 Å². The lowest BCUT2D eigenvalue weighted by Crippen LogP contribution is -1.75. The average molecular weight is 273 g/mol. The van der Waals surface area contributed by atoms with E-state index in [-0.39, 0.29) is 0 Å². The largest absolute Gasteiger partial charge is 0.359 e. The van der Waals surface area contributed by atoms with Crippen molar-refractivity contribution in [2.24, 2.45) is 0 Å². The minimum Gasteiger partial charge on any atom is -0.359 e. The van der Waals surface area contributed by atoms with Crippen molar-refractivity contribution in [3.8, 4) is 11.3 Å². The van der Waals surface area contributed by atoms with E-state index in [2.05, 4.69) is 21.1 Å². The highest BCUT2D eigenvalue weighted by molar-refractivity contribution is 9.10. The van der Waals surface area contributed by atoms with Gasteiger partial charge in [0, 0.05) is 16.1 Å². The van der Waals surface area contributed by atoms with Crippen molar-refractivity contribution in [1.82, 2.24) is 5.16 Å². The van der Waals surface area contributed by atoms with Gasteiger partial charge in [-0.25, -0.2) is 0 Å². The molecule has 0 aliphatic rings. The van der Waals surface area contributed by atoms with Gasteiger partial charge >= 0.3 is 0 Å². The summed E-state index contributed by atoms with van der Waals surface area (Å²) in [4.78, 5) is 0. The number of benzene rings is 1. The Morgan fingerprint density at radius 2 is 2.00 bits per heavy atom. The van der Waals surface area contributed by atoms with E-state index in [1.165, 1.54) is 0 Å². The molecule has 0 spiro atoms.